The van der Waals surface area contributed by atoms with E-state index in [4.69, 9.17) is 28.5 Å². The summed E-state index contributed by atoms with van der Waals surface area (Å²) in [5.41, 5.74) is 4.78. The van der Waals surface area contributed by atoms with Crippen LogP contribution >= 0.6 is 23.4 Å². The number of alkyl halides is 1. The molecule has 0 aromatic heterocycles. The molecular weight excluding hydrogens is 165 g/mol. The fourth-order valence-electron chi connectivity index (χ4n) is 0.420. The molecule has 1 heterocycles. The maximum atomic E-state index is 8.95. The quantitative estimate of drug-likeness (QED) is 0.269. The lowest BCUT2D eigenvalue weighted by atomic mass is 10.5. The van der Waals surface area contributed by atoms with Crippen LogP contribution in [0.5, 0.6) is 0 Å². The number of nitrogens with one attached hydrogen (secondary N) is 2. The lowest BCUT2D eigenvalue weighted by Gasteiger charge is -2.27. The summed E-state index contributed by atoms with van der Waals surface area (Å²) in [5.74, 6) is 0. The Balaban J connectivity index is 2.60. The summed E-state index contributed by atoms with van der Waals surface area (Å²) in [6.07, 6.45) is 2.73. The van der Waals surface area contributed by atoms with Crippen molar-refractivity contribution in [3.05, 3.63) is 12.3 Å². The summed E-state index contributed by atoms with van der Waals surface area (Å²) in [5, 5.41) is 7.37. The largest absolute Gasteiger partial charge is 0.359 e. The molecule has 0 radical (unpaired) electrons. The third-order valence-corrected chi connectivity index (χ3v) is 1.14. The van der Waals surface area contributed by atoms with Gasteiger partial charge in [-0.2, -0.15) is 5.43 Å². The second-order valence-electron chi connectivity index (χ2n) is 1.53. The summed E-state index contributed by atoms with van der Waals surface area (Å²) in [6, 6.07) is 0. The minimum atomic E-state index is -1.58. The number of aliphatic hydroxyl groups is 1. The SMILES string of the molecule is OC1(Cl)C=CNN(Cl)N1. The standard InChI is InChI=1S/C3H5Cl2N3O/c4-3(9)1-2-6-8(5)7-3/h1-2,6-7,9H. The van der Waals surface area contributed by atoms with E-state index in [9.17, 15) is 0 Å². The zero-order valence-corrected chi connectivity index (χ0v) is 5.82. The van der Waals surface area contributed by atoms with E-state index in [1.165, 1.54) is 12.3 Å². The van der Waals surface area contributed by atoms with Gasteiger partial charge in [0.1, 0.15) is 0 Å². The second-order valence-corrected chi connectivity index (χ2v) is 2.44. The molecule has 0 aliphatic carbocycles. The van der Waals surface area contributed by atoms with Crippen molar-refractivity contribution in [3.8, 4) is 0 Å². The van der Waals surface area contributed by atoms with Gasteiger partial charge in [0.25, 0.3) is 0 Å². The molecule has 0 bridgehead atoms. The Morgan fingerprint density at radius 3 is 2.67 bits per heavy atom. The molecule has 0 aromatic carbocycles. The second kappa shape index (κ2) is 2.32. The zero-order valence-electron chi connectivity index (χ0n) is 4.31. The van der Waals surface area contributed by atoms with Gasteiger partial charge in [-0.1, -0.05) is 16.2 Å². The average molecular weight is 170 g/mol. The fourth-order valence-corrected chi connectivity index (χ4v) is 0.796. The van der Waals surface area contributed by atoms with Crippen molar-refractivity contribution in [2.24, 2.45) is 0 Å². The highest BCUT2D eigenvalue weighted by atomic mass is 35.5. The molecule has 0 saturated heterocycles. The molecule has 3 N–H and O–H groups in total. The molecule has 0 spiro atoms. The average Bonchev–Trinajstić information content (AvgIpc) is 1.60. The Kier molecular flexibility index (Phi) is 1.83. The van der Waals surface area contributed by atoms with E-state index < -0.39 is 5.18 Å². The van der Waals surface area contributed by atoms with E-state index >= 15 is 0 Å². The number of rotatable bonds is 0. The van der Waals surface area contributed by atoms with E-state index in [1.807, 2.05) is 0 Å². The Morgan fingerprint density at radius 2 is 2.33 bits per heavy atom. The third kappa shape index (κ3) is 2.00. The number of hydrazine groups is 2. The molecule has 0 aromatic rings. The lowest BCUT2D eigenvalue weighted by molar-refractivity contribution is 0.0543. The Hall–Kier alpha value is -0.0000000000000000763. The van der Waals surface area contributed by atoms with Gasteiger partial charge in [0, 0.05) is 18.0 Å². The Labute approximate surface area is 62.1 Å². The number of nitrogens with zero attached hydrogens (tertiary/aromatic N) is 1. The fraction of sp³-hybridized carbons (Fsp3) is 0.333. The number of halogens is 2. The van der Waals surface area contributed by atoms with E-state index in [-0.39, 0.29) is 0 Å². The van der Waals surface area contributed by atoms with E-state index in [1.54, 1.807) is 0 Å². The van der Waals surface area contributed by atoms with Crippen LogP contribution in [0.3, 0.4) is 0 Å². The van der Waals surface area contributed by atoms with Crippen molar-refractivity contribution in [2.75, 3.05) is 0 Å². The highest BCUT2D eigenvalue weighted by Gasteiger charge is 2.24. The van der Waals surface area contributed by atoms with Crippen LogP contribution in [-0.4, -0.2) is 14.9 Å². The predicted molar refractivity (Wildman–Crippen MR) is 33.9 cm³/mol. The first-order valence-corrected chi connectivity index (χ1v) is 2.91. The smallest absolute Gasteiger partial charge is 0.230 e. The maximum Gasteiger partial charge on any atom is 0.230 e. The van der Waals surface area contributed by atoms with Crippen LogP contribution in [0.4, 0.5) is 0 Å². The van der Waals surface area contributed by atoms with Crippen molar-refractivity contribution in [2.45, 2.75) is 5.18 Å². The summed E-state index contributed by atoms with van der Waals surface area (Å²) in [4.78, 5) is 0. The van der Waals surface area contributed by atoms with Gasteiger partial charge in [-0.05, 0) is 6.08 Å². The van der Waals surface area contributed by atoms with Gasteiger partial charge in [-0.3, -0.25) is 5.43 Å². The van der Waals surface area contributed by atoms with E-state index in [0.717, 1.165) is 4.64 Å². The van der Waals surface area contributed by atoms with Gasteiger partial charge < -0.3 is 5.11 Å². The normalized spacial score (nSPS) is 36.3. The molecule has 9 heavy (non-hydrogen) atoms. The molecule has 1 aliphatic rings. The molecule has 6 heteroatoms. The van der Waals surface area contributed by atoms with Crippen molar-refractivity contribution >= 4 is 23.4 Å². The van der Waals surface area contributed by atoms with Gasteiger partial charge in [-0.25, -0.2) is 0 Å². The van der Waals surface area contributed by atoms with Crippen LogP contribution in [0.15, 0.2) is 12.3 Å². The van der Waals surface area contributed by atoms with Crippen LogP contribution in [0.1, 0.15) is 0 Å². The molecule has 0 amide bonds. The van der Waals surface area contributed by atoms with Crippen molar-refractivity contribution in [3.63, 3.8) is 0 Å². The van der Waals surface area contributed by atoms with Crippen molar-refractivity contribution < 1.29 is 5.11 Å². The van der Waals surface area contributed by atoms with Gasteiger partial charge in [0.05, 0.1) is 0 Å². The monoisotopic (exact) mass is 169 g/mol. The maximum absolute atomic E-state index is 8.95. The summed E-state index contributed by atoms with van der Waals surface area (Å²) >= 11 is 10.7. The first kappa shape index (κ1) is 7.11. The summed E-state index contributed by atoms with van der Waals surface area (Å²) in [6.45, 7) is 0. The molecule has 52 valence electrons. The molecule has 1 atom stereocenters. The first-order valence-electron chi connectivity index (χ1n) is 2.19. The number of hydrogen-bond donors (Lipinski definition) is 3. The zero-order chi connectivity index (χ0) is 6.91. The van der Waals surface area contributed by atoms with E-state index in [2.05, 4.69) is 10.9 Å². The summed E-state index contributed by atoms with van der Waals surface area (Å²) < 4.78 is 0.924. The number of hydrogen-bond acceptors (Lipinski definition) is 4. The van der Waals surface area contributed by atoms with E-state index in [0.29, 0.717) is 0 Å². The van der Waals surface area contributed by atoms with Crippen molar-refractivity contribution in [1.82, 2.24) is 15.5 Å². The van der Waals surface area contributed by atoms with Crippen LogP contribution in [0.2, 0.25) is 0 Å². The van der Waals surface area contributed by atoms with Crippen LogP contribution in [0.25, 0.3) is 0 Å². The summed E-state index contributed by atoms with van der Waals surface area (Å²) in [7, 11) is 0. The first-order chi connectivity index (χ1) is 4.10. The highest BCUT2D eigenvalue weighted by Crippen LogP contribution is 2.11. The molecule has 1 rings (SSSR count). The topological polar surface area (TPSA) is 47.5 Å². The van der Waals surface area contributed by atoms with Gasteiger partial charge in [0.15, 0.2) is 0 Å². The van der Waals surface area contributed by atoms with Crippen LogP contribution < -0.4 is 10.9 Å². The minimum absolute atomic E-state index is 0.924. The molecule has 4 nitrogen and oxygen atoms in total. The van der Waals surface area contributed by atoms with Crippen LogP contribution in [0, 0.1) is 0 Å². The van der Waals surface area contributed by atoms with Gasteiger partial charge >= 0.3 is 0 Å². The van der Waals surface area contributed by atoms with Crippen LogP contribution in [-0.2, 0) is 0 Å². The predicted octanol–water partition coefficient (Wildman–Crippen LogP) is -0.136. The minimum Gasteiger partial charge on any atom is -0.359 e. The Morgan fingerprint density at radius 1 is 1.67 bits per heavy atom. The molecule has 1 unspecified atom stereocenters. The van der Waals surface area contributed by atoms with Gasteiger partial charge in [0.2, 0.25) is 5.18 Å². The molecule has 0 fully saturated rings. The van der Waals surface area contributed by atoms with Gasteiger partial charge in [-0.15, -0.1) is 0 Å². The molecular formula is C3H5Cl2N3O. The van der Waals surface area contributed by atoms with Crippen molar-refractivity contribution in [1.29, 1.82) is 0 Å². The molecule has 1 aliphatic heterocycles. The third-order valence-electron chi connectivity index (χ3n) is 0.747. The Bertz CT molecular complexity index is 137. The molecule has 0 saturated carbocycles. The highest BCUT2D eigenvalue weighted by molar-refractivity contribution is 6.24. The lowest BCUT2D eigenvalue weighted by Crippen LogP contribution is -2.53.